The van der Waals surface area contributed by atoms with Crippen LogP contribution in [0.1, 0.15) is 24.1 Å². The van der Waals surface area contributed by atoms with E-state index in [9.17, 15) is 4.39 Å². The fraction of sp³-hybridized carbons (Fsp3) is 0.250. The number of nitrogens with zero attached hydrogens (tertiary/aromatic N) is 1. The van der Waals surface area contributed by atoms with Gasteiger partial charge < -0.3 is 10.6 Å². The molecule has 0 spiro atoms. The van der Waals surface area contributed by atoms with Crippen LogP contribution in [0.2, 0.25) is 0 Å². The van der Waals surface area contributed by atoms with Crippen molar-refractivity contribution in [3.8, 4) is 0 Å². The first kappa shape index (κ1) is 12.2. The first-order chi connectivity index (χ1) is 9.16. The smallest absolute Gasteiger partial charge is 0.125 e. The van der Waals surface area contributed by atoms with Crippen molar-refractivity contribution in [2.24, 2.45) is 5.73 Å². The van der Waals surface area contributed by atoms with Gasteiger partial charge in [0, 0.05) is 24.0 Å². The van der Waals surface area contributed by atoms with Crippen LogP contribution in [-0.4, -0.2) is 6.54 Å². The van der Waals surface area contributed by atoms with Crippen molar-refractivity contribution in [2.45, 2.75) is 19.4 Å². The van der Waals surface area contributed by atoms with Gasteiger partial charge in [0.2, 0.25) is 0 Å². The van der Waals surface area contributed by atoms with E-state index in [1.807, 2.05) is 31.2 Å². The average molecular weight is 256 g/mol. The minimum absolute atomic E-state index is 0.0335. The van der Waals surface area contributed by atoms with Gasteiger partial charge in [0.15, 0.2) is 0 Å². The van der Waals surface area contributed by atoms with E-state index in [0.29, 0.717) is 0 Å². The molecule has 2 aromatic rings. The predicted octanol–water partition coefficient (Wildman–Crippen LogP) is 3.54. The minimum Gasteiger partial charge on any atom is -0.341 e. The molecule has 0 saturated heterocycles. The lowest BCUT2D eigenvalue weighted by Gasteiger charge is -2.24. The number of halogens is 1. The van der Waals surface area contributed by atoms with Crippen LogP contribution >= 0.6 is 0 Å². The molecule has 0 saturated carbocycles. The fourth-order valence-corrected chi connectivity index (χ4v) is 2.72. The second-order valence-electron chi connectivity index (χ2n) is 5.02. The van der Waals surface area contributed by atoms with Gasteiger partial charge in [-0.2, -0.15) is 0 Å². The summed E-state index contributed by atoms with van der Waals surface area (Å²) in [6, 6.07) is 13.1. The van der Waals surface area contributed by atoms with E-state index in [4.69, 9.17) is 5.73 Å². The van der Waals surface area contributed by atoms with Crippen LogP contribution in [0.3, 0.4) is 0 Å². The summed E-state index contributed by atoms with van der Waals surface area (Å²) in [6.07, 6.45) is 0.947. The summed E-state index contributed by atoms with van der Waals surface area (Å²) in [7, 11) is 0. The highest BCUT2D eigenvalue weighted by atomic mass is 19.1. The Kier molecular flexibility index (Phi) is 2.99. The van der Waals surface area contributed by atoms with E-state index in [1.165, 1.54) is 11.6 Å². The van der Waals surface area contributed by atoms with Crippen LogP contribution in [0.5, 0.6) is 0 Å². The number of rotatable bonds is 2. The lowest BCUT2D eigenvalue weighted by atomic mass is 10.1. The Labute approximate surface area is 112 Å². The maximum atomic E-state index is 13.5. The predicted molar refractivity (Wildman–Crippen MR) is 76.2 cm³/mol. The molecule has 2 nitrogen and oxygen atoms in total. The van der Waals surface area contributed by atoms with Gasteiger partial charge in [0.1, 0.15) is 5.82 Å². The van der Waals surface area contributed by atoms with Crippen LogP contribution in [0, 0.1) is 5.82 Å². The quantitative estimate of drug-likeness (QED) is 0.890. The van der Waals surface area contributed by atoms with E-state index >= 15 is 0 Å². The molecule has 1 unspecified atom stereocenters. The van der Waals surface area contributed by atoms with Crippen molar-refractivity contribution < 1.29 is 4.39 Å². The standard InChI is InChI=1S/C16H17FN2/c1-11(18)14-4-2-3-5-15(14)19-9-8-12-6-7-13(17)10-16(12)19/h2-7,10-11H,8-9,18H2,1H3. The summed E-state index contributed by atoms with van der Waals surface area (Å²) in [4.78, 5) is 2.16. The van der Waals surface area contributed by atoms with Crippen molar-refractivity contribution in [3.63, 3.8) is 0 Å². The molecule has 2 aromatic carbocycles. The summed E-state index contributed by atoms with van der Waals surface area (Å²) < 4.78 is 13.5. The third-order valence-corrected chi connectivity index (χ3v) is 3.66. The first-order valence-corrected chi connectivity index (χ1v) is 6.57. The summed E-state index contributed by atoms with van der Waals surface area (Å²) in [6.45, 7) is 2.85. The number of fused-ring (bicyclic) bond motifs is 1. The molecule has 0 fully saturated rings. The van der Waals surface area contributed by atoms with Crippen LogP contribution in [0.25, 0.3) is 0 Å². The molecular formula is C16H17FN2. The highest BCUT2D eigenvalue weighted by molar-refractivity contribution is 5.72. The molecule has 3 heteroatoms. The molecule has 1 atom stereocenters. The van der Waals surface area contributed by atoms with Crippen LogP contribution in [0.15, 0.2) is 42.5 Å². The molecule has 1 aliphatic rings. The maximum Gasteiger partial charge on any atom is 0.125 e. The van der Waals surface area contributed by atoms with Gasteiger partial charge in [-0.3, -0.25) is 0 Å². The van der Waals surface area contributed by atoms with Crippen LogP contribution < -0.4 is 10.6 Å². The molecule has 0 aromatic heterocycles. The Morgan fingerprint density at radius 1 is 1.16 bits per heavy atom. The fourth-order valence-electron chi connectivity index (χ4n) is 2.72. The van der Waals surface area contributed by atoms with Gasteiger partial charge >= 0.3 is 0 Å². The Morgan fingerprint density at radius 2 is 1.95 bits per heavy atom. The molecule has 1 heterocycles. The Morgan fingerprint density at radius 3 is 2.74 bits per heavy atom. The molecule has 0 bridgehead atoms. The SMILES string of the molecule is CC(N)c1ccccc1N1CCc2ccc(F)cc21. The van der Waals surface area contributed by atoms with Crippen molar-refractivity contribution in [1.29, 1.82) is 0 Å². The number of para-hydroxylation sites is 1. The van der Waals surface area contributed by atoms with Gasteiger partial charge in [0.25, 0.3) is 0 Å². The minimum atomic E-state index is -0.191. The molecular weight excluding hydrogens is 239 g/mol. The normalized spacial score (nSPS) is 15.4. The summed E-state index contributed by atoms with van der Waals surface area (Å²) >= 11 is 0. The van der Waals surface area contributed by atoms with Crippen molar-refractivity contribution in [3.05, 3.63) is 59.4 Å². The van der Waals surface area contributed by atoms with E-state index in [1.54, 1.807) is 6.07 Å². The van der Waals surface area contributed by atoms with Gasteiger partial charge in [-0.1, -0.05) is 24.3 Å². The van der Waals surface area contributed by atoms with Crippen molar-refractivity contribution in [2.75, 3.05) is 11.4 Å². The number of hydrogen-bond acceptors (Lipinski definition) is 2. The van der Waals surface area contributed by atoms with Crippen LogP contribution in [0.4, 0.5) is 15.8 Å². The highest BCUT2D eigenvalue weighted by Crippen LogP contribution is 2.37. The molecule has 2 N–H and O–H groups in total. The Balaban J connectivity index is 2.09. The zero-order valence-corrected chi connectivity index (χ0v) is 10.9. The zero-order valence-electron chi connectivity index (χ0n) is 10.9. The highest BCUT2D eigenvalue weighted by Gasteiger charge is 2.23. The molecule has 0 amide bonds. The number of anilines is 2. The van der Waals surface area contributed by atoms with Crippen LogP contribution in [-0.2, 0) is 6.42 Å². The lowest BCUT2D eigenvalue weighted by Crippen LogP contribution is -2.18. The van der Waals surface area contributed by atoms with Gasteiger partial charge in [-0.15, -0.1) is 0 Å². The molecule has 19 heavy (non-hydrogen) atoms. The van der Waals surface area contributed by atoms with E-state index < -0.39 is 0 Å². The molecule has 0 radical (unpaired) electrons. The monoisotopic (exact) mass is 256 g/mol. The topological polar surface area (TPSA) is 29.3 Å². The maximum absolute atomic E-state index is 13.5. The van der Waals surface area contributed by atoms with Crippen molar-refractivity contribution in [1.82, 2.24) is 0 Å². The number of benzene rings is 2. The number of nitrogens with two attached hydrogens (primary N) is 1. The second kappa shape index (κ2) is 4.67. The summed E-state index contributed by atoms with van der Waals surface area (Å²) in [5.74, 6) is -0.191. The van der Waals surface area contributed by atoms with E-state index in [0.717, 1.165) is 29.9 Å². The van der Waals surface area contributed by atoms with E-state index in [-0.39, 0.29) is 11.9 Å². The third-order valence-electron chi connectivity index (χ3n) is 3.66. The third kappa shape index (κ3) is 2.10. The molecule has 0 aliphatic carbocycles. The number of hydrogen-bond donors (Lipinski definition) is 1. The summed E-state index contributed by atoms with van der Waals surface area (Å²) in [5, 5.41) is 0. The summed E-state index contributed by atoms with van der Waals surface area (Å²) in [5.41, 5.74) is 10.4. The zero-order chi connectivity index (χ0) is 13.4. The molecule has 1 aliphatic heterocycles. The average Bonchev–Trinajstić information content (AvgIpc) is 2.81. The van der Waals surface area contributed by atoms with Crippen molar-refractivity contribution >= 4 is 11.4 Å². The molecule has 98 valence electrons. The van der Waals surface area contributed by atoms with Gasteiger partial charge in [0.05, 0.1) is 0 Å². The van der Waals surface area contributed by atoms with E-state index in [2.05, 4.69) is 11.0 Å². The van der Waals surface area contributed by atoms with Gasteiger partial charge in [-0.25, -0.2) is 4.39 Å². The van der Waals surface area contributed by atoms with Gasteiger partial charge in [-0.05, 0) is 42.7 Å². The Bertz CT molecular complexity index is 607. The second-order valence-corrected chi connectivity index (χ2v) is 5.02. The largest absolute Gasteiger partial charge is 0.341 e. The first-order valence-electron chi connectivity index (χ1n) is 6.57. The molecule has 3 rings (SSSR count). The Hall–Kier alpha value is -1.87. The lowest BCUT2D eigenvalue weighted by molar-refractivity contribution is 0.628.